The molecule has 2 heterocycles. The fourth-order valence-corrected chi connectivity index (χ4v) is 5.31. The van der Waals surface area contributed by atoms with Gasteiger partial charge in [0.15, 0.2) is 0 Å². The number of nitrogens with one attached hydrogen (secondary N) is 1. The van der Waals surface area contributed by atoms with Gasteiger partial charge in [0.05, 0.1) is 17.8 Å². The van der Waals surface area contributed by atoms with Gasteiger partial charge in [0, 0.05) is 35.3 Å². The third-order valence-electron chi connectivity index (χ3n) is 4.05. The lowest BCUT2D eigenvalue weighted by atomic mass is 9.76. The highest BCUT2D eigenvalue weighted by atomic mass is 32.2. The average Bonchev–Trinajstić information content (AvgIpc) is 2.71. The van der Waals surface area contributed by atoms with Gasteiger partial charge in [-0.15, -0.1) is 0 Å². The van der Waals surface area contributed by atoms with Gasteiger partial charge < -0.3 is 10.4 Å². The van der Waals surface area contributed by atoms with Crippen molar-refractivity contribution in [2.45, 2.75) is 31.0 Å². The van der Waals surface area contributed by atoms with Crippen LogP contribution in [-0.2, 0) is 0 Å². The van der Waals surface area contributed by atoms with Crippen LogP contribution in [0.5, 0.6) is 0 Å². The highest BCUT2D eigenvalue weighted by molar-refractivity contribution is 8.03. The zero-order chi connectivity index (χ0) is 13.8. The van der Waals surface area contributed by atoms with E-state index in [2.05, 4.69) is 22.4 Å². The average molecular weight is 310 g/mol. The number of hydrogen-bond donors (Lipinski definition) is 2. The van der Waals surface area contributed by atoms with Gasteiger partial charge in [0.25, 0.3) is 0 Å². The molecule has 1 aromatic rings. The summed E-state index contributed by atoms with van der Waals surface area (Å²) >= 11 is 4.09. The molecule has 1 atom stereocenters. The van der Waals surface area contributed by atoms with Gasteiger partial charge in [0.2, 0.25) is 0 Å². The fraction of sp³-hybridized carbons (Fsp3) is 0.667. The second-order valence-corrected chi connectivity index (χ2v) is 7.93. The molecule has 1 saturated carbocycles. The predicted octanol–water partition coefficient (Wildman–Crippen LogP) is 2.33. The Kier molecular flexibility index (Phi) is 5.26. The van der Waals surface area contributed by atoms with Gasteiger partial charge in [-0.25, -0.2) is 0 Å². The molecular formula is C15H22N2OS2. The minimum atomic E-state index is -0.106. The van der Waals surface area contributed by atoms with Crippen LogP contribution in [0.4, 0.5) is 0 Å². The molecule has 2 N–H and O–H groups in total. The number of thioether (sulfide) groups is 2. The minimum Gasteiger partial charge on any atom is -0.393 e. The Labute approximate surface area is 129 Å². The summed E-state index contributed by atoms with van der Waals surface area (Å²) in [6.45, 7) is 0. The normalized spacial score (nSPS) is 29.4. The third-order valence-corrected chi connectivity index (χ3v) is 6.57. The quantitative estimate of drug-likeness (QED) is 0.894. The van der Waals surface area contributed by atoms with E-state index >= 15 is 0 Å². The summed E-state index contributed by atoms with van der Waals surface area (Å²) in [6, 6.07) is 6.98. The molecule has 1 saturated heterocycles. The first-order chi connectivity index (χ1) is 9.83. The van der Waals surface area contributed by atoms with Crippen LogP contribution in [0.15, 0.2) is 24.4 Å². The third kappa shape index (κ3) is 3.70. The molecule has 0 unspecified atom stereocenters. The van der Waals surface area contributed by atoms with E-state index in [1.54, 1.807) is 0 Å². The van der Waals surface area contributed by atoms with Crippen molar-refractivity contribution in [1.29, 1.82) is 0 Å². The predicted molar refractivity (Wildman–Crippen MR) is 87.3 cm³/mol. The molecule has 0 amide bonds. The first kappa shape index (κ1) is 14.7. The van der Waals surface area contributed by atoms with Crippen molar-refractivity contribution in [3.8, 4) is 0 Å². The number of aromatic nitrogens is 1. The van der Waals surface area contributed by atoms with Crippen LogP contribution >= 0.6 is 23.5 Å². The summed E-state index contributed by atoms with van der Waals surface area (Å²) in [6.07, 6.45) is 3.57. The van der Waals surface area contributed by atoms with Crippen LogP contribution < -0.4 is 5.32 Å². The molecule has 3 rings (SSSR count). The lowest BCUT2D eigenvalue weighted by Gasteiger charge is -2.39. The number of aliphatic hydroxyl groups excluding tert-OH is 1. The fourth-order valence-electron chi connectivity index (χ4n) is 2.89. The molecular weight excluding hydrogens is 288 g/mol. The summed E-state index contributed by atoms with van der Waals surface area (Å²) in [4.78, 5) is 4.54. The molecule has 1 aromatic heterocycles. The van der Waals surface area contributed by atoms with Crippen molar-refractivity contribution in [3.63, 3.8) is 0 Å². The topological polar surface area (TPSA) is 45.1 Å². The monoisotopic (exact) mass is 310 g/mol. The zero-order valence-corrected chi connectivity index (χ0v) is 13.2. The molecule has 2 aliphatic rings. The van der Waals surface area contributed by atoms with Gasteiger partial charge in [-0.05, 0) is 30.9 Å². The number of aliphatic hydroxyl groups is 1. The molecule has 0 aromatic carbocycles. The Morgan fingerprint density at radius 3 is 2.55 bits per heavy atom. The maximum atomic E-state index is 9.61. The van der Waals surface area contributed by atoms with E-state index < -0.39 is 0 Å². The van der Waals surface area contributed by atoms with Crippen LogP contribution in [0.2, 0.25) is 0 Å². The smallest absolute Gasteiger partial charge is 0.0576 e. The Balaban J connectivity index is 1.68. The van der Waals surface area contributed by atoms with Gasteiger partial charge in [-0.1, -0.05) is 6.07 Å². The standard InChI is InChI=1S/C15H22N2OS2/c18-13-7-11(8-13)15(14-3-1-2-4-16-14)17-12-9-19-5-6-20-10-12/h1-4,11-13,15,17-18H,5-10H2/t11?,13?,15-/m0/s1. The van der Waals surface area contributed by atoms with Gasteiger partial charge >= 0.3 is 0 Å². The molecule has 1 aliphatic heterocycles. The Hall–Kier alpha value is -0.230. The first-order valence-electron chi connectivity index (χ1n) is 7.33. The zero-order valence-electron chi connectivity index (χ0n) is 11.6. The van der Waals surface area contributed by atoms with Crippen LogP contribution in [0, 0.1) is 5.92 Å². The second-order valence-electron chi connectivity index (χ2n) is 5.63. The molecule has 1 aliphatic carbocycles. The molecule has 0 bridgehead atoms. The van der Waals surface area contributed by atoms with E-state index in [0.29, 0.717) is 18.0 Å². The van der Waals surface area contributed by atoms with Crippen LogP contribution in [0.1, 0.15) is 24.6 Å². The lowest BCUT2D eigenvalue weighted by molar-refractivity contribution is 0.0220. The van der Waals surface area contributed by atoms with Crippen molar-refractivity contribution in [3.05, 3.63) is 30.1 Å². The van der Waals surface area contributed by atoms with Gasteiger partial charge in [-0.2, -0.15) is 23.5 Å². The SMILES string of the molecule is OC1CC([C@H](NC2CSCCSC2)c2ccccn2)C1. The number of pyridine rings is 1. The van der Waals surface area contributed by atoms with E-state index in [1.165, 1.54) is 23.0 Å². The van der Waals surface area contributed by atoms with Gasteiger partial charge in [0.1, 0.15) is 0 Å². The maximum absolute atomic E-state index is 9.61. The summed E-state index contributed by atoms with van der Waals surface area (Å²) < 4.78 is 0. The highest BCUT2D eigenvalue weighted by Gasteiger charge is 2.36. The van der Waals surface area contributed by atoms with E-state index in [9.17, 15) is 5.11 Å². The number of hydrogen-bond acceptors (Lipinski definition) is 5. The molecule has 5 heteroatoms. The first-order valence-corrected chi connectivity index (χ1v) is 9.64. The summed E-state index contributed by atoms with van der Waals surface area (Å²) in [5, 5.41) is 13.4. The highest BCUT2D eigenvalue weighted by Crippen LogP contribution is 2.38. The lowest BCUT2D eigenvalue weighted by Crippen LogP contribution is -2.45. The Morgan fingerprint density at radius 1 is 1.20 bits per heavy atom. The van der Waals surface area contributed by atoms with Crippen molar-refractivity contribution < 1.29 is 5.11 Å². The Morgan fingerprint density at radius 2 is 1.95 bits per heavy atom. The van der Waals surface area contributed by atoms with E-state index in [1.807, 2.05) is 35.8 Å². The number of nitrogens with zero attached hydrogens (tertiary/aromatic N) is 1. The van der Waals surface area contributed by atoms with Crippen LogP contribution in [0.25, 0.3) is 0 Å². The van der Waals surface area contributed by atoms with Crippen molar-refractivity contribution in [2.75, 3.05) is 23.0 Å². The Bertz CT molecular complexity index is 404. The number of rotatable bonds is 4. The molecule has 0 radical (unpaired) electrons. The molecule has 20 heavy (non-hydrogen) atoms. The summed E-state index contributed by atoms with van der Waals surface area (Å²) in [5.74, 6) is 5.42. The van der Waals surface area contributed by atoms with Crippen molar-refractivity contribution >= 4 is 23.5 Å². The summed E-state index contributed by atoms with van der Waals surface area (Å²) in [7, 11) is 0. The molecule has 110 valence electrons. The van der Waals surface area contributed by atoms with E-state index in [0.717, 1.165) is 18.5 Å². The maximum Gasteiger partial charge on any atom is 0.0576 e. The van der Waals surface area contributed by atoms with E-state index in [-0.39, 0.29) is 6.10 Å². The van der Waals surface area contributed by atoms with E-state index in [4.69, 9.17) is 0 Å². The molecule has 0 spiro atoms. The van der Waals surface area contributed by atoms with Gasteiger partial charge in [-0.3, -0.25) is 4.98 Å². The van der Waals surface area contributed by atoms with Crippen LogP contribution in [0.3, 0.4) is 0 Å². The van der Waals surface area contributed by atoms with Crippen molar-refractivity contribution in [1.82, 2.24) is 10.3 Å². The molecule has 3 nitrogen and oxygen atoms in total. The largest absolute Gasteiger partial charge is 0.393 e. The second kappa shape index (κ2) is 7.16. The van der Waals surface area contributed by atoms with Crippen LogP contribution in [-0.4, -0.2) is 45.2 Å². The van der Waals surface area contributed by atoms with Crippen molar-refractivity contribution in [2.24, 2.45) is 5.92 Å². The minimum absolute atomic E-state index is 0.106. The molecule has 2 fully saturated rings. The summed E-state index contributed by atoms with van der Waals surface area (Å²) in [5.41, 5.74) is 1.13.